The van der Waals surface area contributed by atoms with Crippen LogP contribution in [0.25, 0.3) is 138 Å². The van der Waals surface area contributed by atoms with Gasteiger partial charge in [0.2, 0.25) is 0 Å². The molecular weight excluding hydrogens is 805 g/mol. The molecule has 14 aromatic rings. The number of aromatic nitrogens is 4. The highest BCUT2D eigenvalue weighted by atomic mass is 16.3. The zero-order valence-electron chi connectivity index (χ0n) is 35.5. The van der Waals surface area contributed by atoms with Gasteiger partial charge in [-0.25, -0.2) is 15.0 Å². The van der Waals surface area contributed by atoms with Crippen molar-refractivity contribution in [3.63, 3.8) is 0 Å². The summed E-state index contributed by atoms with van der Waals surface area (Å²) in [5.74, 6) is 1.69. The fraction of sp³-hybridized carbons (Fsp3) is 0. The molecule has 0 radical (unpaired) electrons. The molecule has 0 saturated carbocycles. The lowest BCUT2D eigenvalue weighted by atomic mass is 10.00. The van der Waals surface area contributed by atoms with Gasteiger partial charge in [0.05, 0.1) is 16.6 Å². The van der Waals surface area contributed by atoms with E-state index < -0.39 is 0 Å². The van der Waals surface area contributed by atoms with Gasteiger partial charge in [0.15, 0.2) is 17.5 Å². The summed E-state index contributed by atoms with van der Waals surface area (Å²) in [6, 6.07) is 77.6. The molecule has 0 saturated heterocycles. The first-order chi connectivity index (χ1) is 32.7. The van der Waals surface area contributed by atoms with Crippen LogP contribution in [0.5, 0.6) is 0 Å². The number of nitrogens with zero attached hydrogens (tertiary/aromatic N) is 4. The molecule has 5 nitrogen and oxygen atoms in total. The van der Waals surface area contributed by atoms with Gasteiger partial charge in [0, 0.05) is 43.7 Å². The van der Waals surface area contributed by atoms with Crippen molar-refractivity contribution in [3.05, 3.63) is 218 Å². The molecule has 0 atom stereocenters. The normalized spacial score (nSPS) is 11.9. The van der Waals surface area contributed by atoms with E-state index in [1.54, 1.807) is 0 Å². The van der Waals surface area contributed by atoms with Crippen LogP contribution in [0.2, 0.25) is 0 Å². The van der Waals surface area contributed by atoms with Crippen molar-refractivity contribution in [3.8, 4) is 51.0 Å². The zero-order chi connectivity index (χ0) is 43.3. The summed E-state index contributed by atoms with van der Waals surface area (Å²) >= 11 is 0. The maximum absolute atomic E-state index is 7.10. The highest BCUT2D eigenvalue weighted by Gasteiger charge is 2.23. The Bertz CT molecular complexity index is 4280. The largest absolute Gasteiger partial charge is 0.455 e. The van der Waals surface area contributed by atoms with Gasteiger partial charge in [-0.3, -0.25) is 0 Å². The van der Waals surface area contributed by atoms with Crippen LogP contribution < -0.4 is 0 Å². The van der Waals surface area contributed by atoms with Crippen molar-refractivity contribution in [1.29, 1.82) is 0 Å². The van der Waals surface area contributed by atoms with Crippen LogP contribution in [0.3, 0.4) is 0 Å². The summed E-state index contributed by atoms with van der Waals surface area (Å²) in [5, 5.41) is 13.7. The topological polar surface area (TPSA) is 56.7 Å². The molecule has 0 aliphatic carbocycles. The van der Waals surface area contributed by atoms with Crippen LogP contribution >= 0.6 is 0 Å². The van der Waals surface area contributed by atoms with Gasteiger partial charge in [-0.2, -0.15) is 0 Å². The summed E-state index contributed by atoms with van der Waals surface area (Å²) in [5.41, 5.74) is 9.65. The number of para-hydroxylation sites is 1. The van der Waals surface area contributed by atoms with E-state index in [1.165, 1.54) is 37.7 Å². The van der Waals surface area contributed by atoms with E-state index in [-0.39, 0.29) is 0 Å². The van der Waals surface area contributed by atoms with Crippen LogP contribution in [-0.2, 0) is 0 Å². The fourth-order valence-corrected chi connectivity index (χ4v) is 10.2. The van der Waals surface area contributed by atoms with E-state index in [1.807, 2.05) is 6.07 Å². The Morgan fingerprint density at radius 1 is 0.288 bits per heavy atom. The summed E-state index contributed by atoms with van der Waals surface area (Å²) in [7, 11) is 0. The Balaban J connectivity index is 1.06. The Hall–Kier alpha value is -8.93. The van der Waals surface area contributed by atoms with Crippen molar-refractivity contribution >= 4 is 86.8 Å². The first kappa shape index (κ1) is 36.5. The molecule has 0 unspecified atom stereocenters. The third kappa shape index (κ3) is 5.70. The number of rotatable bonds is 5. The summed E-state index contributed by atoms with van der Waals surface area (Å²) < 4.78 is 9.49. The maximum Gasteiger partial charge on any atom is 0.167 e. The summed E-state index contributed by atoms with van der Waals surface area (Å²) in [4.78, 5) is 16.1. The monoisotopic (exact) mass is 840 g/mol. The van der Waals surface area contributed by atoms with Crippen LogP contribution in [0, 0.1) is 0 Å². The summed E-state index contributed by atoms with van der Waals surface area (Å²) in [6.45, 7) is 0. The van der Waals surface area contributed by atoms with E-state index in [0.717, 1.165) is 82.6 Å². The molecule has 3 aromatic heterocycles. The standard InChI is InChI=1S/C61H36N4O/c1-2-12-37(13-3-1)38-22-25-41(26-23-38)59-62-60(45-29-30-48-44(32-45)27-24-39-14-6-8-18-47(39)48)64-61(63-59)54-36-46(35-53-51-31-28-40-15-7-9-19-49(40)57(51)66-58(53)54)65-55-21-11-10-20-50(55)52-33-42-16-4-5-17-43(42)34-56(52)65/h1-36H. The van der Waals surface area contributed by atoms with Gasteiger partial charge < -0.3 is 8.98 Å². The number of furan rings is 1. The Morgan fingerprint density at radius 2 is 0.848 bits per heavy atom. The zero-order valence-corrected chi connectivity index (χ0v) is 35.5. The SMILES string of the molecule is c1ccc(-c2ccc(-c3nc(-c4ccc5c(ccc6ccccc65)c4)nc(-c4cc(-n5c6ccccc6c6cc7ccccc7cc65)cc5c4oc4c6ccccc6ccc54)n3)cc2)cc1. The van der Waals surface area contributed by atoms with Gasteiger partial charge in [-0.15, -0.1) is 0 Å². The lowest BCUT2D eigenvalue weighted by Gasteiger charge is -2.13. The highest BCUT2D eigenvalue weighted by molar-refractivity contribution is 6.19. The fourth-order valence-electron chi connectivity index (χ4n) is 10.2. The Kier molecular flexibility index (Phi) is 7.91. The van der Waals surface area contributed by atoms with Crippen molar-refractivity contribution in [2.75, 3.05) is 0 Å². The van der Waals surface area contributed by atoms with E-state index in [9.17, 15) is 0 Å². The predicted molar refractivity (Wildman–Crippen MR) is 273 cm³/mol. The minimum Gasteiger partial charge on any atom is -0.455 e. The Labute approximate surface area is 378 Å². The first-order valence-corrected chi connectivity index (χ1v) is 22.3. The van der Waals surface area contributed by atoms with E-state index in [2.05, 4.69) is 217 Å². The maximum atomic E-state index is 7.10. The number of benzene rings is 11. The lowest BCUT2D eigenvalue weighted by Crippen LogP contribution is -2.02. The second-order valence-corrected chi connectivity index (χ2v) is 17.2. The second-order valence-electron chi connectivity index (χ2n) is 17.2. The molecule has 0 N–H and O–H groups in total. The smallest absolute Gasteiger partial charge is 0.167 e. The number of fused-ring (bicyclic) bond motifs is 12. The molecule has 0 spiro atoms. The van der Waals surface area contributed by atoms with Crippen LogP contribution in [-0.4, -0.2) is 19.5 Å². The molecule has 0 aliphatic heterocycles. The minimum absolute atomic E-state index is 0.530. The highest BCUT2D eigenvalue weighted by Crippen LogP contribution is 2.43. The van der Waals surface area contributed by atoms with Crippen LogP contribution in [0.1, 0.15) is 0 Å². The summed E-state index contributed by atoms with van der Waals surface area (Å²) in [6.07, 6.45) is 0. The molecule has 3 heterocycles. The van der Waals surface area contributed by atoms with Gasteiger partial charge in [-0.1, -0.05) is 176 Å². The first-order valence-electron chi connectivity index (χ1n) is 22.3. The molecular formula is C61H36N4O. The molecule has 5 heteroatoms. The quantitative estimate of drug-likeness (QED) is 0.162. The predicted octanol–water partition coefficient (Wildman–Crippen LogP) is 16.1. The average Bonchev–Trinajstić information content (AvgIpc) is 3.93. The van der Waals surface area contributed by atoms with Crippen LogP contribution in [0.4, 0.5) is 0 Å². The molecule has 0 amide bonds. The molecule has 306 valence electrons. The molecule has 0 fully saturated rings. The Morgan fingerprint density at radius 3 is 1.67 bits per heavy atom. The van der Waals surface area contributed by atoms with Gasteiger partial charge in [0.25, 0.3) is 0 Å². The molecule has 14 rings (SSSR count). The average molecular weight is 841 g/mol. The van der Waals surface area contributed by atoms with Crippen molar-refractivity contribution in [1.82, 2.24) is 19.5 Å². The number of hydrogen-bond donors (Lipinski definition) is 0. The molecule has 66 heavy (non-hydrogen) atoms. The van der Waals surface area contributed by atoms with E-state index in [4.69, 9.17) is 19.4 Å². The third-order valence-electron chi connectivity index (χ3n) is 13.4. The van der Waals surface area contributed by atoms with Crippen molar-refractivity contribution in [2.24, 2.45) is 0 Å². The van der Waals surface area contributed by atoms with Gasteiger partial charge >= 0.3 is 0 Å². The molecule has 0 aliphatic rings. The van der Waals surface area contributed by atoms with Gasteiger partial charge in [-0.05, 0) is 91.3 Å². The third-order valence-corrected chi connectivity index (χ3v) is 13.4. The van der Waals surface area contributed by atoms with Crippen LogP contribution in [0.15, 0.2) is 223 Å². The minimum atomic E-state index is 0.530. The van der Waals surface area contributed by atoms with E-state index >= 15 is 0 Å². The second kappa shape index (κ2) is 14.3. The number of hydrogen-bond acceptors (Lipinski definition) is 4. The molecule has 0 bridgehead atoms. The lowest BCUT2D eigenvalue weighted by molar-refractivity contribution is 0.673. The van der Waals surface area contributed by atoms with Crippen molar-refractivity contribution < 1.29 is 4.42 Å². The van der Waals surface area contributed by atoms with Crippen molar-refractivity contribution in [2.45, 2.75) is 0 Å². The van der Waals surface area contributed by atoms with Gasteiger partial charge in [0.1, 0.15) is 11.2 Å². The molecule has 11 aromatic carbocycles. The van der Waals surface area contributed by atoms with E-state index in [0.29, 0.717) is 17.5 Å².